The normalized spacial score (nSPS) is 9.92. The zero-order valence-electron chi connectivity index (χ0n) is 14.6. The fraction of sp³-hybridized carbons (Fsp3) is 0.278. The number of methoxy groups -OCH3 is 4. The highest BCUT2D eigenvalue weighted by Gasteiger charge is 2.14. The van der Waals surface area contributed by atoms with Crippen LogP contribution < -0.4 is 29.0 Å². The molecule has 0 bridgehead atoms. The van der Waals surface area contributed by atoms with E-state index in [1.807, 2.05) is 0 Å². The van der Waals surface area contributed by atoms with Crippen molar-refractivity contribution in [2.75, 3.05) is 40.4 Å². The third-order valence-electron chi connectivity index (χ3n) is 3.38. The standard InChI is InChI=1S/C18H21NO6/c1-21-13-5-7-14(8-6-13)25-11-17(20)19-12-9-15(22-2)18(24-4)16(10-12)23-3/h5-10H,11H2,1-4H3,(H,19,20). The molecule has 0 unspecified atom stereocenters. The molecule has 0 aliphatic heterocycles. The topological polar surface area (TPSA) is 75.3 Å². The zero-order chi connectivity index (χ0) is 18.2. The monoisotopic (exact) mass is 347 g/mol. The molecule has 0 aromatic heterocycles. The second-order valence-corrected chi connectivity index (χ2v) is 4.93. The van der Waals surface area contributed by atoms with Gasteiger partial charge in [-0.25, -0.2) is 0 Å². The van der Waals surface area contributed by atoms with Crippen LogP contribution in [0, 0.1) is 0 Å². The summed E-state index contributed by atoms with van der Waals surface area (Å²) in [5.41, 5.74) is 0.512. The lowest BCUT2D eigenvalue weighted by Crippen LogP contribution is -2.20. The van der Waals surface area contributed by atoms with Crippen LogP contribution in [0.1, 0.15) is 0 Å². The van der Waals surface area contributed by atoms with Gasteiger partial charge in [0.2, 0.25) is 5.75 Å². The zero-order valence-corrected chi connectivity index (χ0v) is 14.6. The molecule has 0 radical (unpaired) electrons. The van der Waals surface area contributed by atoms with Crippen molar-refractivity contribution in [2.24, 2.45) is 0 Å². The Morgan fingerprint density at radius 2 is 1.40 bits per heavy atom. The summed E-state index contributed by atoms with van der Waals surface area (Å²) in [5, 5.41) is 2.73. The first-order valence-electron chi connectivity index (χ1n) is 7.48. The summed E-state index contributed by atoms with van der Waals surface area (Å²) >= 11 is 0. The minimum Gasteiger partial charge on any atom is -0.497 e. The van der Waals surface area contributed by atoms with Gasteiger partial charge in [-0.3, -0.25) is 4.79 Å². The largest absolute Gasteiger partial charge is 0.497 e. The van der Waals surface area contributed by atoms with Crippen LogP contribution in [0.5, 0.6) is 28.7 Å². The molecule has 0 heterocycles. The minimum atomic E-state index is -0.315. The average molecular weight is 347 g/mol. The predicted octanol–water partition coefficient (Wildman–Crippen LogP) is 2.74. The van der Waals surface area contributed by atoms with E-state index in [2.05, 4.69) is 5.32 Å². The number of hydrogen-bond donors (Lipinski definition) is 1. The Balaban J connectivity index is 2.01. The second kappa shape index (κ2) is 8.68. The van der Waals surface area contributed by atoms with Crippen molar-refractivity contribution in [1.29, 1.82) is 0 Å². The molecule has 1 N–H and O–H groups in total. The van der Waals surface area contributed by atoms with E-state index in [1.165, 1.54) is 21.3 Å². The summed E-state index contributed by atoms with van der Waals surface area (Å²) in [6, 6.07) is 10.3. The van der Waals surface area contributed by atoms with Gasteiger partial charge >= 0.3 is 0 Å². The van der Waals surface area contributed by atoms with E-state index in [0.717, 1.165) is 0 Å². The Labute approximate surface area is 146 Å². The fourth-order valence-electron chi connectivity index (χ4n) is 2.17. The molecule has 0 aliphatic carbocycles. The van der Waals surface area contributed by atoms with Crippen LogP contribution in [-0.4, -0.2) is 41.0 Å². The lowest BCUT2D eigenvalue weighted by molar-refractivity contribution is -0.118. The van der Waals surface area contributed by atoms with Crippen molar-refractivity contribution in [2.45, 2.75) is 0 Å². The maximum atomic E-state index is 12.1. The van der Waals surface area contributed by atoms with E-state index in [1.54, 1.807) is 43.5 Å². The van der Waals surface area contributed by atoms with Crippen molar-refractivity contribution in [1.82, 2.24) is 0 Å². The first-order valence-corrected chi connectivity index (χ1v) is 7.48. The van der Waals surface area contributed by atoms with Gasteiger partial charge in [-0.15, -0.1) is 0 Å². The van der Waals surface area contributed by atoms with Gasteiger partial charge in [-0.1, -0.05) is 0 Å². The van der Waals surface area contributed by atoms with Crippen LogP contribution in [0.2, 0.25) is 0 Å². The number of amides is 1. The maximum Gasteiger partial charge on any atom is 0.262 e. The van der Waals surface area contributed by atoms with E-state index in [0.29, 0.717) is 34.4 Å². The van der Waals surface area contributed by atoms with Crippen LogP contribution in [0.15, 0.2) is 36.4 Å². The first-order chi connectivity index (χ1) is 12.1. The fourth-order valence-corrected chi connectivity index (χ4v) is 2.17. The number of benzene rings is 2. The molecule has 0 saturated carbocycles. The summed E-state index contributed by atoms with van der Waals surface area (Å²) in [4.78, 5) is 12.1. The summed E-state index contributed by atoms with van der Waals surface area (Å²) in [7, 11) is 6.12. The lowest BCUT2D eigenvalue weighted by Gasteiger charge is -2.14. The van der Waals surface area contributed by atoms with E-state index in [9.17, 15) is 4.79 Å². The van der Waals surface area contributed by atoms with E-state index in [-0.39, 0.29) is 12.5 Å². The molecule has 2 rings (SSSR count). The van der Waals surface area contributed by atoms with Gasteiger partial charge in [0.05, 0.1) is 28.4 Å². The molecule has 2 aromatic carbocycles. The quantitative estimate of drug-likeness (QED) is 0.791. The SMILES string of the molecule is COc1ccc(OCC(=O)Nc2cc(OC)c(OC)c(OC)c2)cc1. The number of rotatable bonds is 8. The Morgan fingerprint density at radius 3 is 1.88 bits per heavy atom. The first kappa shape index (κ1) is 18.3. The van der Waals surface area contributed by atoms with Crippen molar-refractivity contribution in [3.8, 4) is 28.7 Å². The third-order valence-corrected chi connectivity index (χ3v) is 3.38. The van der Waals surface area contributed by atoms with Gasteiger partial charge in [0.15, 0.2) is 18.1 Å². The number of nitrogens with one attached hydrogen (secondary N) is 1. The molecule has 0 saturated heterocycles. The molecule has 0 atom stereocenters. The Kier molecular flexibility index (Phi) is 6.33. The molecule has 0 spiro atoms. The van der Waals surface area contributed by atoms with Gasteiger partial charge in [0.1, 0.15) is 11.5 Å². The molecular formula is C18H21NO6. The minimum absolute atomic E-state index is 0.136. The summed E-state index contributed by atoms with van der Waals surface area (Å²) in [5.74, 6) is 2.33. The molecule has 2 aromatic rings. The average Bonchev–Trinajstić information content (AvgIpc) is 2.65. The predicted molar refractivity (Wildman–Crippen MR) is 93.2 cm³/mol. The molecule has 0 fully saturated rings. The molecular weight excluding hydrogens is 326 g/mol. The molecule has 134 valence electrons. The smallest absolute Gasteiger partial charge is 0.262 e. The van der Waals surface area contributed by atoms with Crippen molar-refractivity contribution in [3.05, 3.63) is 36.4 Å². The van der Waals surface area contributed by atoms with Crippen molar-refractivity contribution in [3.63, 3.8) is 0 Å². The third kappa shape index (κ3) is 4.69. The van der Waals surface area contributed by atoms with E-state index >= 15 is 0 Å². The summed E-state index contributed by atoms with van der Waals surface area (Å²) in [6.07, 6.45) is 0. The van der Waals surface area contributed by atoms with Gasteiger partial charge < -0.3 is 29.0 Å². The highest BCUT2D eigenvalue weighted by atomic mass is 16.5. The van der Waals surface area contributed by atoms with Crippen molar-refractivity contribution >= 4 is 11.6 Å². The maximum absolute atomic E-state index is 12.1. The highest BCUT2D eigenvalue weighted by molar-refractivity contribution is 5.92. The molecule has 25 heavy (non-hydrogen) atoms. The van der Waals surface area contributed by atoms with E-state index in [4.69, 9.17) is 23.7 Å². The summed E-state index contributed by atoms with van der Waals surface area (Å²) in [6.45, 7) is -0.136. The number of hydrogen-bond acceptors (Lipinski definition) is 6. The van der Waals surface area contributed by atoms with Crippen LogP contribution in [0.25, 0.3) is 0 Å². The number of anilines is 1. The van der Waals surface area contributed by atoms with Crippen molar-refractivity contribution < 1.29 is 28.5 Å². The number of ether oxygens (including phenoxy) is 5. The van der Waals surface area contributed by atoms with Crippen LogP contribution in [0.4, 0.5) is 5.69 Å². The van der Waals surface area contributed by atoms with Crippen LogP contribution in [0.3, 0.4) is 0 Å². The van der Waals surface area contributed by atoms with Crippen LogP contribution in [-0.2, 0) is 4.79 Å². The van der Waals surface area contributed by atoms with Gasteiger partial charge in [-0.2, -0.15) is 0 Å². The van der Waals surface area contributed by atoms with E-state index < -0.39 is 0 Å². The van der Waals surface area contributed by atoms with Gasteiger partial charge in [0, 0.05) is 17.8 Å². The Hall–Kier alpha value is -3.09. The molecule has 7 heteroatoms. The van der Waals surface area contributed by atoms with Gasteiger partial charge in [-0.05, 0) is 24.3 Å². The second-order valence-electron chi connectivity index (χ2n) is 4.93. The summed E-state index contributed by atoms with van der Waals surface area (Å²) < 4.78 is 26.3. The van der Waals surface area contributed by atoms with Gasteiger partial charge in [0.25, 0.3) is 5.91 Å². The lowest BCUT2D eigenvalue weighted by atomic mass is 10.2. The number of carbonyl (C=O) groups excluding carboxylic acids is 1. The number of carbonyl (C=O) groups is 1. The Morgan fingerprint density at radius 1 is 0.840 bits per heavy atom. The molecule has 0 aliphatic rings. The van der Waals surface area contributed by atoms with Crippen LogP contribution >= 0.6 is 0 Å². The molecule has 1 amide bonds. The molecule has 7 nitrogen and oxygen atoms in total. The highest BCUT2D eigenvalue weighted by Crippen LogP contribution is 2.39. The Bertz CT molecular complexity index is 689.